The number of hydrogen-bond acceptors (Lipinski definition) is 6. The molecule has 2 aromatic rings. The average Bonchev–Trinajstić information content (AvgIpc) is 3.22. The van der Waals surface area contributed by atoms with Crippen LogP contribution in [0.15, 0.2) is 17.3 Å². The van der Waals surface area contributed by atoms with Gasteiger partial charge in [0.1, 0.15) is 5.82 Å². The first-order valence-corrected chi connectivity index (χ1v) is 10.6. The van der Waals surface area contributed by atoms with Crippen LogP contribution in [0.1, 0.15) is 29.5 Å². The molecule has 2 fully saturated rings. The average molecular weight is 398 g/mol. The van der Waals surface area contributed by atoms with E-state index in [1.165, 1.54) is 29.5 Å². The number of aromatic amines is 1. The van der Waals surface area contributed by atoms with Crippen molar-refractivity contribution >= 4 is 40.6 Å². The van der Waals surface area contributed by atoms with Gasteiger partial charge in [0.2, 0.25) is 11.1 Å². The summed E-state index contributed by atoms with van der Waals surface area (Å²) in [6.07, 6.45) is 2.39. The number of thiophene rings is 1. The number of thioether (sulfide) groups is 1. The normalized spacial score (nSPS) is 18.7. The van der Waals surface area contributed by atoms with Crippen molar-refractivity contribution in [3.63, 3.8) is 0 Å². The van der Waals surface area contributed by atoms with Crippen molar-refractivity contribution in [2.45, 2.75) is 30.5 Å². The second-order valence-electron chi connectivity index (χ2n) is 6.43. The van der Waals surface area contributed by atoms with Crippen LogP contribution in [-0.2, 0) is 11.3 Å². The lowest BCUT2D eigenvalue weighted by molar-refractivity contribution is -0.130. The van der Waals surface area contributed by atoms with Gasteiger partial charge in [0.15, 0.2) is 0 Å². The van der Waals surface area contributed by atoms with Gasteiger partial charge in [-0.25, -0.2) is 4.98 Å². The number of amides is 1. The SMILES string of the molecule is O=C(CSc1n[nH]c(C2CC2)n1)N1CCN(Cc2ccc(Cl)s2)CC1. The van der Waals surface area contributed by atoms with Crippen LogP contribution < -0.4 is 0 Å². The molecule has 1 amide bonds. The molecule has 9 heteroatoms. The number of carbonyl (C=O) groups is 1. The van der Waals surface area contributed by atoms with E-state index in [1.807, 2.05) is 11.0 Å². The second kappa shape index (κ2) is 7.65. The number of H-pyrrole nitrogens is 1. The van der Waals surface area contributed by atoms with Gasteiger partial charge in [-0.05, 0) is 25.0 Å². The smallest absolute Gasteiger partial charge is 0.233 e. The molecule has 6 nitrogen and oxygen atoms in total. The van der Waals surface area contributed by atoms with Gasteiger partial charge in [0.05, 0.1) is 10.1 Å². The van der Waals surface area contributed by atoms with Gasteiger partial charge in [-0.15, -0.1) is 16.4 Å². The summed E-state index contributed by atoms with van der Waals surface area (Å²) in [5.74, 6) is 2.10. The van der Waals surface area contributed by atoms with Crippen LogP contribution in [0.2, 0.25) is 4.34 Å². The number of nitrogens with one attached hydrogen (secondary N) is 1. The molecule has 1 aliphatic carbocycles. The molecule has 0 radical (unpaired) electrons. The molecular weight excluding hydrogens is 378 g/mol. The Morgan fingerprint density at radius 2 is 2.12 bits per heavy atom. The van der Waals surface area contributed by atoms with Gasteiger partial charge in [-0.1, -0.05) is 23.4 Å². The molecule has 2 aromatic heterocycles. The predicted molar refractivity (Wildman–Crippen MR) is 100 cm³/mol. The number of nitrogens with zero attached hydrogens (tertiary/aromatic N) is 4. The van der Waals surface area contributed by atoms with E-state index in [4.69, 9.17) is 11.6 Å². The van der Waals surface area contributed by atoms with Gasteiger partial charge in [-0.3, -0.25) is 14.8 Å². The summed E-state index contributed by atoms with van der Waals surface area (Å²) in [7, 11) is 0. The van der Waals surface area contributed by atoms with E-state index < -0.39 is 0 Å². The van der Waals surface area contributed by atoms with Crippen LogP contribution >= 0.6 is 34.7 Å². The summed E-state index contributed by atoms with van der Waals surface area (Å²) in [5.41, 5.74) is 0. The molecule has 0 bridgehead atoms. The molecule has 0 spiro atoms. The molecule has 4 rings (SSSR count). The van der Waals surface area contributed by atoms with E-state index in [9.17, 15) is 4.79 Å². The van der Waals surface area contributed by atoms with Gasteiger partial charge in [0, 0.05) is 43.5 Å². The molecule has 0 aromatic carbocycles. The minimum atomic E-state index is 0.168. The monoisotopic (exact) mass is 397 g/mol. The first-order valence-electron chi connectivity index (χ1n) is 8.47. The Labute approximate surface area is 159 Å². The lowest BCUT2D eigenvalue weighted by Gasteiger charge is -2.34. The molecule has 1 aliphatic heterocycles. The Kier molecular flexibility index (Phi) is 5.30. The van der Waals surface area contributed by atoms with Crippen molar-refractivity contribution in [1.82, 2.24) is 25.0 Å². The first-order chi connectivity index (χ1) is 12.2. The maximum Gasteiger partial charge on any atom is 0.233 e. The fourth-order valence-corrected chi connectivity index (χ4v) is 4.73. The van der Waals surface area contributed by atoms with E-state index in [-0.39, 0.29) is 5.91 Å². The van der Waals surface area contributed by atoms with E-state index in [1.54, 1.807) is 11.3 Å². The molecule has 3 heterocycles. The molecule has 1 saturated carbocycles. The number of halogens is 1. The lowest BCUT2D eigenvalue weighted by atomic mass is 10.3. The summed E-state index contributed by atoms with van der Waals surface area (Å²) in [6.45, 7) is 4.27. The Bertz CT molecular complexity index is 736. The number of rotatable bonds is 6. The molecule has 134 valence electrons. The standard InChI is InChI=1S/C16H20ClN5OS2/c17-13-4-3-12(25-13)9-21-5-7-22(8-6-21)14(23)10-24-16-18-15(19-20-16)11-1-2-11/h3-4,11H,1-2,5-10H2,(H,18,19,20). The van der Waals surface area contributed by atoms with Crippen LogP contribution in [-0.4, -0.2) is 62.8 Å². The minimum absolute atomic E-state index is 0.168. The van der Waals surface area contributed by atoms with Crippen molar-refractivity contribution in [3.05, 3.63) is 27.2 Å². The molecule has 0 atom stereocenters. The lowest BCUT2D eigenvalue weighted by Crippen LogP contribution is -2.48. The van der Waals surface area contributed by atoms with Crippen LogP contribution in [0.25, 0.3) is 0 Å². The Morgan fingerprint density at radius 1 is 1.32 bits per heavy atom. The van der Waals surface area contributed by atoms with Crippen LogP contribution in [0.3, 0.4) is 0 Å². The highest BCUT2D eigenvalue weighted by Gasteiger charge is 2.27. The molecule has 1 saturated heterocycles. The Morgan fingerprint density at radius 3 is 2.80 bits per heavy atom. The van der Waals surface area contributed by atoms with Crippen LogP contribution in [0, 0.1) is 0 Å². The zero-order chi connectivity index (χ0) is 17.2. The quantitative estimate of drug-likeness (QED) is 0.759. The summed E-state index contributed by atoms with van der Waals surface area (Å²) in [5, 5.41) is 7.86. The van der Waals surface area contributed by atoms with Crippen molar-refractivity contribution in [1.29, 1.82) is 0 Å². The summed E-state index contributed by atoms with van der Waals surface area (Å²) in [4.78, 5) is 22.4. The van der Waals surface area contributed by atoms with Gasteiger partial charge >= 0.3 is 0 Å². The molecule has 2 aliphatic rings. The molecule has 0 unspecified atom stereocenters. The van der Waals surface area contributed by atoms with Crippen LogP contribution in [0.5, 0.6) is 0 Å². The summed E-state index contributed by atoms with van der Waals surface area (Å²) < 4.78 is 0.831. The van der Waals surface area contributed by atoms with E-state index in [0.717, 1.165) is 42.9 Å². The van der Waals surface area contributed by atoms with Crippen molar-refractivity contribution < 1.29 is 4.79 Å². The summed E-state index contributed by atoms with van der Waals surface area (Å²) in [6, 6.07) is 4.02. The number of carbonyl (C=O) groups excluding carboxylic acids is 1. The van der Waals surface area contributed by atoms with E-state index in [2.05, 4.69) is 26.1 Å². The fourth-order valence-electron chi connectivity index (χ4n) is 2.89. The largest absolute Gasteiger partial charge is 0.339 e. The first kappa shape index (κ1) is 17.3. The maximum absolute atomic E-state index is 12.4. The highest BCUT2D eigenvalue weighted by atomic mass is 35.5. The zero-order valence-corrected chi connectivity index (χ0v) is 16.2. The molecule has 25 heavy (non-hydrogen) atoms. The van der Waals surface area contributed by atoms with Gasteiger partial charge < -0.3 is 4.90 Å². The fraction of sp³-hybridized carbons (Fsp3) is 0.562. The molecular formula is C16H20ClN5OS2. The van der Waals surface area contributed by atoms with Crippen molar-refractivity contribution in [2.24, 2.45) is 0 Å². The third kappa shape index (κ3) is 4.55. The third-order valence-corrected chi connectivity index (χ3v) is 6.55. The zero-order valence-electron chi connectivity index (χ0n) is 13.8. The third-order valence-electron chi connectivity index (χ3n) is 4.50. The summed E-state index contributed by atoms with van der Waals surface area (Å²) >= 11 is 9.03. The minimum Gasteiger partial charge on any atom is -0.339 e. The van der Waals surface area contributed by atoms with Crippen LogP contribution in [0.4, 0.5) is 0 Å². The van der Waals surface area contributed by atoms with Crippen molar-refractivity contribution in [3.8, 4) is 0 Å². The van der Waals surface area contributed by atoms with Crippen molar-refractivity contribution in [2.75, 3.05) is 31.9 Å². The Hall–Kier alpha value is -1.09. The van der Waals surface area contributed by atoms with E-state index in [0.29, 0.717) is 16.8 Å². The van der Waals surface area contributed by atoms with E-state index >= 15 is 0 Å². The van der Waals surface area contributed by atoms with Gasteiger partial charge in [-0.2, -0.15) is 0 Å². The highest BCUT2D eigenvalue weighted by molar-refractivity contribution is 7.99. The topological polar surface area (TPSA) is 65.1 Å². The Balaban J connectivity index is 1.20. The number of hydrogen-bond donors (Lipinski definition) is 1. The number of aromatic nitrogens is 3. The molecule has 1 N–H and O–H groups in total. The highest BCUT2D eigenvalue weighted by Crippen LogP contribution is 2.38. The predicted octanol–water partition coefficient (Wildman–Crippen LogP) is 2.83. The van der Waals surface area contributed by atoms with Gasteiger partial charge in [0.25, 0.3) is 0 Å². The maximum atomic E-state index is 12.4. The second-order valence-corrected chi connectivity index (χ2v) is 9.17. The number of piperazine rings is 1.